The fourth-order valence-corrected chi connectivity index (χ4v) is 9.56. The van der Waals surface area contributed by atoms with Crippen LogP contribution < -0.4 is 0 Å². The van der Waals surface area contributed by atoms with Crippen LogP contribution in [0.1, 0.15) is 0 Å². The van der Waals surface area contributed by atoms with E-state index in [4.69, 9.17) is 8.83 Å². The van der Waals surface area contributed by atoms with Gasteiger partial charge in [-0.05, 0) is 89.0 Å². The third-order valence-corrected chi connectivity index (χ3v) is 12.1. The summed E-state index contributed by atoms with van der Waals surface area (Å²) in [6.45, 7) is 0. The van der Waals surface area contributed by atoms with E-state index in [0.29, 0.717) is 0 Å². The second kappa shape index (κ2) is 11.8. The van der Waals surface area contributed by atoms with Crippen molar-refractivity contribution in [1.82, 2.24) is 9.13 Å². The first kappa shape index (κ1) is 31.4. The SMILES string of the molecule is c1ccc(-c2cccc3c2c2cc(-c4ccc5c(c4)c4ccccc4n5-c4cccc5c4oc4ccccc45)ccc2n3-c2ccc3c(c2)oc2ccccc23)cc1. The Kier molecular flexibility index (Phi) is 6.41. The van der Waals surface area contributed by atoms with Crippen molar-refractivity contribution in [3.05, 3.63) is 194 Å². The lowest BCUT2D eigenvalue weighted by Gasteiger charge is -2.10. The molecule has 0 aliphatic heterocycles. The van der Waals surface area contributed by atoms with Gasteiger partial charge in [-0.2, -0.15) is 0 Å². The van der Waals surface area contributed by atoms with Gasteiger partial charge in [0, 0.05) is 54.8 Å². The van der Waals surface area contributed by atoms with Crippen LogP contribution in [-0.4, -0.2) is 9.13 Å². The molecule has 4 aromatic heterocycles. The van der Waals surface area contributed by atoms with Crippen molar-refractivity contribution in [2.45, 2.75) is 0 Å². The van der Waals surface area contributed by atoms with Gasteiger partial charge in [-0.25, -0.2) is 0 Å². The van der Waals surface area contributed by atoms with E-state index in [-0.39, 0.29) is 0 Å². The highest BCUT2D eigenvalue weighted by molar-refractivity contribution is 6.18. The highest BCUT2D eigenvalue weighted by atomic mass is 16.3. The number of rotatable bonds is 4. The van der Waals surface area contributed by atoms with Gasteiger partial charge in [-0.1, -0.05) is 121 Å². The van der Waals surface area contributed by atoms with Crippen LogP contribution >= 0.6 is 0 Å². The maximum absolute atomic E-state index is 6.56. The third-order valence-electron chi connectivity index (χ3n) is 12.1. The second-order valence-corrected chi connectivity index (χ2v) is 15.2. The fourth-order valence-electron chi connectivity index (χ4n) is 9.56. The number of furan rings is 2. The number of para-hydroxylation sites is 4. The minimum absolute atomic E-state index is 0.883. The predicted octanol–water partition coefficient (Wildman–Crippen LogP) is 15.0. The molecule has 4 heteroatoms. The molecule has 0 fully saturated rings. The van der Waals surface area contributed by atoms with Crippen LogP contribution in [0, 0.1) is 0 Å². The second-order valence-electron chi connectivity index (χ2n) is 15.2. The molecule has 13 rings (SSSR count). The monoisotopic (exact) mass is 740 g/mol. The molecule has 0 N–H and O–H groups in total. The van der Waals surface area contributed by atoms with Gasteiger partial charge in [0.1, 0.15) is 16.7 Å². The summed E-state index contributed by atoms with van der Waals surface area (Å²) in [5.74, 6) is 0. The fraction of sp³-hybridized carbons (Fsp3) is 0. The van der Waals surface area contributed by atoms with Gasteiger partial charge in [-0.3, -0.25) is 0 Å². The van der Waals surface area contributed by atoms with E-state index in [2.05, 4.69) is 179 Å². The standard InChI is InChI=1S/C54H32N2O2/c1-2-12-33(13-3-1)37-17-10-20-48-53(37)44-31-35(25-29-47(44)55(48)36-26-27-41-39-15-5-8-22-50(39)57-52(41)32-36)34-24-28-46-43(30-34)38-14-4-7-19-45(38)56(46)49-21-11-18-42-40-16-6-9-23-51(40)58-54(42)49/h1-32H. The van der Waals surface area contributed by atoms with Crippen molar-refractivity contribution < 1.29 is 8.83 Å². The van der Waals surface area contributed by atoms with E-state index >= 15 is 0 Å². The Balaban J connectivity index is 1.04. The van der Waals surface area contributed by atoms with Gasteiger partial charge in [0.25, 0.3) is 0 Å². The lowest BCUT2D eigenvalue weighted by Crippen LogP contribution is -1.94. The molecule has 13 aromatic rings. The molecule has 0 atom stereocenters. The number of nitrogens with zero attached hydrogens (tertiary/aromatic N) is 2. The summed E-state index contributed by atoms with van der Waals surface area (Å²) in [6, 6.07) is 69.6. The minimum Gasteiger partial charge on any atom is -0.456 e. The zero-order chi connectivity index (χ0) is 37.9. The Hall–Kier alpha value is -7.82. The molecular weight excluding hydrogens is 709 g/mol. The first-order valence-electron chi connectivity index (χ1n) is 19.8. The summed E-state index contributed by atoms with van der Waals surface area (Å²) in [6.07, 6.45) is 0. The van der Waals surface area contributed by atoms with Crippen molar-refractivity contribution >= 4 is 87.5 Å². The summed E-state index contributed by atoms with van der Waals surface area (Å²) in [7, 11) is 0. The van der Waals surface area contributed by atoms with E-state index < -0.39 is 0 Å². The molecule has 0 unspecified atom stereocenters. The first-order chi connectivity index (χ1) is 28.8. The summed E-state index contributed by atoms with van der Waals surface area (Å²) in [5, 5.41) is 9.35. The Morgan fingerprint density at radius 2 is 0.914 bits per heavy atom. The lowest BCUT2D eigenvalue weighted by atomic mass is 9.97. The number of hydrogen-bond donors (Lipinski definition) is 0. The van der Waals surface area contributed by atoms with Crippen LogP contribution in [0.15, 0.2) is 203 Å². The average Bonchev–Trinajstić information content (AvgIpc) is 4.03. The zero-order valence-corrected chi connectivity index (χ0v) is 31.2. The van der Waals surface area contributed by atoms with Crippen LogP contribution in [0.5, 0.6) is 0 Å². The molecule has 0 amide bonds. The molecule has 58 heavy (non-hydrogen) atoms. The number of hydrogen-bond acceptors (Lipinski definition) is 2. The molecule has 0 saturated carbocycles. The van der Waals surface area contributed by atoms with Crippen LogP contribution in [0.3, 0.4) is 0 Å². The van der Waals surface area contributed by atoms with Crippen molar-refractivity contribution in [3.8, 4) is 33.6 Å². The van der Waals surface area contributed by atoms with Gasteiger partial charge in [0.15, 0.2) is 5.58 Å². The Bertz CT molecular complexity index is 3800. The van der Waals surface area contributed by atoms with Crippen LogP contribution in [0.25, 0.3) is 121 Å². The maximum Gasteiger partial charge on any atom is 0.159 e. The average molecular weight is 741 g/mol. The van der Waals surface area contributed by atoms with Crippen LogP contribution in [0.2, 0.25) is 0 Å². The molecule has 0 aliphatic rings. The number of benzene rings is 9. The number of fused-ring (bicyclic) bond motifs is 12. The van der Waals surface area contributed by atoms with Crippen molar-refractivity contribution in [1.29, 1.82) is 0 Å². The van der Waals surface area contributed by atoms with Crippen LogP contribution in [0.4, 0.5) is 0 Å². The van der Waals surface area contributed by atoms with Gasteiger partial charge >= 0.3 is 0 Å². The van der Waals surface area contributed by atoms with Crippen molar-refractivity contribution in [3.63, 3.8) is 0 Å². The largest absolute Gasteiger partial charge is 0.456 e. The normalized spacial score (nSPS) is 12.1. The molecular formula is C54H32N2O2. The molecule has 9 aromatic carbocycles. The van der Waals surface area contributed by atoms with Crippen molar-refractivity contribution in [2.24, 2.45) is 0 Å². The first-order valence-corrected chi connectivity index (χ1v) is 19.8. The lowest BCUT2D eigenvalue weighted by molar-refractivity contribution is 0.666. The Morgan fingerprint density at radius 1 is 0.310 bits per heavy atom. The van der Waals surface area contributed by atoms with E-state index in [1.54, 1.807) is 0 Å². The highest BCUT2D eigenvalue weighted by Gasteiger charge is 2.21. The van der Waals surface area contributed by atoms with E-state index in [1.807, 2.05) is 24.3 Å². The topological polar surface area (TPSA) is 36.1 Å². The van der Waals surface area contributed by atoms with Gasteiger partial charge in [0.2, 0.25) is 0 Å². The Morgan fingerprint density at radius 3 is 1.74 bits per heavy atom. The molecule has 0 saturated heterocycles. The van der Waals surface area contributed by atoms with Gasteiger partial charge in [0.05, 0.1) is 27.8 Å². The summed E-state index contributed by atoms with van der Waals surface area (Å²) in [5.41, 5.74) is 15.0. The molecule has 0 spiro atoms. The van der Waals surface area contributed by atoms with E-state index in [9.17, 15) is 0 Å². The Labute approximate surface area is 332 Å². The van der Waals surface area contributed by atoms with E-state index in [0.717, 1.165) is 77.3 Å². The summed E-state index contributed by atoms with van der Waals surface area (Å²) >= 11 is 0. The minimum atomic E-state index is 0.883. The number of aromatic nitrogens is 2. The molecule has 0 radical (unpaired) electrons. The maximum atomic E-state index is 6.56. The predicted molar refractivity (Wildman–Crippen MR) is 241 cm³/mol. The molecule has 0 aliphatic carbocycles. The van der Waals surface area contributed by atoms with Crippen LogP contribution in [-0.2, 0) is 0 Å². The zero-order valence-electron chi connectivity index (χ0n) is 31.2. The molecule has 0 bridgehead atoms. The molecule has 4 nitrogen and oxygen atoms in total. The molecule has 4 heterocycles. The van der Waals surface area contributed by atoms with Gasteiger partial charge < -0.3 is 18.0 Å². The smallest absolute Gasteiger partial charge is 0.159 e. The third kappa shape index (κ3) is 4.40. The summed E-state index contributed by atoms with van der Waals surface area (Å²) in [4.78, 5) is 0. The van der Waals surface area contributed by atoms with Crippen molar-refractivity contribution in [2.75, 3.05) is 0 Å². The van der Waals surface area contributed by atoms with Gasteiger partial charge in [-0.15, -0.1) is 0 Å². The van der Waals surface area contributed by atoms with E-state index in [1.165, 1.54) is 43.8 Å². The highest BCUT2D eigenvalue weighted by Crippen LogP contribution is 2.43. The quantitative estimate of drug-likeness (QED) is 0.180. The summed E-state index contributed by atoms with van der Waals surface area (Å²) < 4.78 is 17.7. The molecule has 270 valence electrons.